The lowest BCUT2D eigenvalue weighted by Crippen LogP contribution is -2.39. The van der Waals surface area contributed by atoms with Crippen LogP contribution in [-0.4, -0.2) is 39.4 Å². The maximum Gasteiger partial charge on any atom is 0.320 e. The van der Waals surface area contributed by atoms with Crippen LogP contribution < -0.4 is 10.6 Å². The lowest BCUT2D eigenvalue weighted by molar-refractivity contribution is -0.113. The topological polar surface area (TPSA) is 101 Å². The van der Waals surface area contributed by atoms with E-state index in [0.29, 0.717) is 17.2 Å². The number of amides is 3. The van der Waals surface area contributed by atoms with Crippen LogP contribution in [0, 0.1) is 6.92 Å². The second-order valence-electron chi connectivity index (χ2n) is 6.41. The molecule has 8 nitrogen and oxygen atoms in total. The first-order valence-electron chi connectivity index (χ1n) is 8.46. The molecule has 1 fully saturated rings. The van der Waals surface area contributed by atoms with Crippen LogP contribution in [0.3, 0.4) is 0 Å². The third kappa shape index (κ3) is 3.84. The third-order valence-electron chi connectivity index (χ3n) is 4.37. The first kappa shape index (κ1) is 17.1. The first-order chi connectivity index (χ1) is 11.9. The van der Waals surface area contributed by atoms with E-state index in [1.165, 1.54) is 11.1 Å². The lowest BCUT2D eigenvalue weighted by Gasteiger charge is -2.22. The highest BCUT2D eigenvalue weighted by Gasteiger charge is 2.22. The summed E-state index contributed by atoms with van der Waals surface area (Å²) >= 11 is 0. The van der Waals surface area contributed by atoms with E-state index in [-0.39, 0.29) is 23.6 Å². The lowest BCUT2D eigenvalue weighted by atomic mass is 9.96. The molecule has 1 aliphatic heterocycles. The van der Waals surface area contributed by atoms with Gasteiger partial charge in [-0.1, -0.05) is 25.8 Å². The number of aromatic nitrogens is 2. The minimum atomic E-state index is -0.451. The number of aryl methyl sites for hydroxylation is 1. The summed E-state index contributed by atoms with van der Waals surface area (Å²) < 4.78 is 1.36. The molecule has 0 bridgehead atoms. The van der Waals surface area contributed by atoms with E-state index in [2.05, 4.69) is 32.3 Å². The van der Waals surface area contributed by atoms with Gasteiger partial charge in [-0.25, -0.2) is 9.79 Å². The third-order valence-corrected chi connectivity index (χ3v) is 4.37. The molecule has 1 saturated carbocycles. The predicted octanol–water partition coefficient (Wildman–Crippen LogP) is 2.41. The average Bonchev–Trinajstić information content (AvgIpc) is 2.93. The number of hydrogen-bond donors (Lipinski definition) is 2. The summed E-state index contributed by atoms with van der Waals surface area (Å²) in [5.41, 5.74) is 1.43. The van der Waals surface area contributed by atoms with Crippen molar-refractivity contribution in [3.05, 3.63) is 23.9 Å². The Bertz CT molecular complexity index is 783. The van der Waals surface area contributed by atoms with Crippen LogP contribution in [0.1, 0.15) is 44.7 Å². The van der Waals surface area contributed by atoms with Gasteiger partial charge < -0.3 is 5.32 Å². The molecule has 132 valence electrons. The van der Waals surface area contributed by atoms with E-state index < -0.39 is 5.91 Å². The molecule has 1 aromatic rings. The van der Waals surface area contributed by atoms with E-state index >= 15 is 0 Å². The van der Waals surface area contributed by atoms with Crippen molar-refractivity contribution in [2.45, 2.75) is 52.0 Å². The molecule has 3 rings (SSSR count). The normalized spacial score (nSPS) is 18.6. The highest BCUT2D eigenvalue weighted by atomic mass is 16.2. The largest absolute Gasteiger partial charge is 0.335 e. The molecule has 1 aliphatic carbocycles. The molecule has 2 aliphatic rings. The molecule has 1 aromatic heterocycles. The Morgan fingerprint density at radius 1 is 1.24 bits per heavy atom. The number of nitrogens with one attached hydrogen (secondary N) is 2. The number of urea groups is 1. The summed E-state index contributed by atoms with van der Waals surface area (Å²) in [6, 6.07) is 1.62. The van der Waals surface area contributed by atoms with Crippen molar-refractivity contribution in [1.82, 2.24) is 15.1 Å². The Labute approximate surface area is 146 Å². The van der Waals surface area contributed by atoms with Crippen LogP contribution in [-0.2, 0) is 4.79 Å². The van der Waals surface area contributed by atoms with Crippen molar-refractivity contribution in [2.75, 3.05) is 5.32 Å². The minimum absolute atomic E-state index is 0.121. The quantitative estimate of drug-likeness (QED) is 0.807. The number of aliphatic imine (C=N–C) groups is 2. The molecule has 0 atom stereocenters. The number of rotatable bonds is 2. The molecule has 8 heteroatoms. The molecular weight excluding hydrogens is 320 g/mol. The van der Waals surface area contributed by atoms with Gasteiger partial charge in [0.15, 0.2) is 0 Å². The summed E-state index contributed by atoms with van der Waals surface area (Å²) in [7, 11) is 0. The van der Waals surface area contributed by atoms with Gasteiger partial charge in [-0.05, 0) is 26.7 Å². The zero-order valence-corrected chi connectivity index (χ0v) is 14.5. The predicted molar refractivity (Wildman–Crippen MR) is 96.1 cm³/mol. The summed E-state index contributed by atoms with van der Waals surface area (Å²) in [6.07, 6.45) is 5.50. The molecule has 2 N–H and O–H groups in total. The molecule has 3 amide bonds. The van der Waals surface area contributed by atoms with Gasteiger partial charge in [-0.3, -0.25) is 10.1 Å². The highest BCUT2D eigenvalue weighted by molar-refractivity contribution is 6.27. The molecule has 0 unspecified atom stereocenters. The standard InChI is InChI=1S/C17H22N6O2/c1-10-9-14(20-17(25)19-13-7-5-4-6-8-13)23(22-10)16-18-12(3)11(2)15(24)21-16/h9,13H,2,4-8H2,1,3H3,(H2,19,20,25). The molecule has 0 saturated heterocycles. The second kappa shape index (κ2) is 7.00. The van der Waals surface area contributed by atoms with Gasteiger partial charge in [0.2, 0.25) is 0 Å². The number of carbonyl (C=O) groups excluding carboxylic acids is 2. The van der Waals surface area contributed by atoms with Gasteiger partial charge in [0.05, 0.1) is 17.0 Å². The van der Waals surface area contributed by atoms with Gasteiger partial charge in [-0.15, -0.1) is 0 Å². The molecule has 0 spiro atoms. The number of anilines is 1. The van der Waals surface area contributed by atoms with Gasteiger partial charge >= 0.3 is 6.03 Å². The number of nitrogens with zero attached hydrogens (tertiary/aromatic N) is 4. The van der Waals surface area contributed by atoms with Gasteiger partial charge in [-0.2, -0.15) is 14.8 Å². The Morgan fingerprint density at radius 2 is 1.96 bits per heavy atom. The van der Waals surface area contributed by atoms with Gasteiger partial charge in [0.1, 0.15) is 5.82 Å². The highest BCUT2D eigenvalue weighted by Crippen LogP contribution is 2.18. The monoisotopic (exact) mass is 342 g/mol. The number of carbonyl (C=O) groups is 2. The van der Waals surface area contributed by atoms with Crippen molar-refractivity contribution in [3.63, 3.8) is 0 Å². The Kier molecular flexibility index (Phi) is 4.78. The van der Waals surface area contributed by atoms with Gasteiger partial charge in [0.25, 0.3) is 11.9 Å². The summed E-state index contributed by atoms with van der Waals surface area (Å²) in [6.45, 7) is 7.13. The zero-order chi connectivity index (χ0) is 18.0. The summed E-state index contributed by atoms with van der Waals surface area (Å²) in [5.74, 6) is 0.0886. The van der Waals surface area contributed by atoms with E-state index in [1.54, 1.807) is 19.9 Å². The molecule has 2 heterocycles. The number of hydrogen-bond acceptors (Lipinski definition) is 4. The van der Waals surface area contributed by atoms with Crippen LogP contribution in [0.25, 0.3) is 0 Å². The van der Waals surface area contributed by atoms with Crippen molar-refractivity contribution in [1.29, 1.82) is 0 Å². The molecule has 25 heavy (non-hydrogen) atoms. The maximum atomic E-state index is 12.3. The van der Waals surface area contributed by atoms with Crippen LogP contribution in [0.4, 0.5) is 10.6 Å². The Morgan fingerprint density at radius 3 is 2.64 bits per heavy atom. The Hall–Kier alpha value is -2.77. The van der Waals surface area contributed by atoms with Crippen molar-refractivity contribution >= 4 is 29.4 Å². The molecule has 0 aromatic carbocycles. The fourth-order valence-corrected chi connectivity index (χ4v) is 2.98. The van der Waals surface area contributed by atoms with E-state index in [1.807, 2.05) is 0 Å². The summed E-state index contributed by atoms with van der Waals surface area (Å²) in [4.78, 5) is 32.3. The van der Waals surface area contributed by atoms with Crippen LogP contribution in [0.15, 0.2) is 28.2 Å². The van der Waals surface area contributed by atoms with Gasteiger partial charge in [0, 0.05) is 12.1 Å². The van der Waals surface area contributed by atoms with Crippen molar-refractivity contribution in [3.8, 4) is 0 Å². The first-order valence-corrected chi connectivity index (χ1v) is 8.46. The smallest absolute Gasteiger partial charge is 0.320 e. The average molecular weight is 342 g/mol. The minimum Gasteiger partial charge on any atom is -0.335 e. The zero-order valence-electron chi connectivity index (χ0n) is 14.5. The van der Waals surface area contributed by atoms with Crippen LogP contribution in [0.5, 0.6) is 0 Å². The Balaban J connectivity index is 1.77. The maximum absolute atomic E-state index is 12.3. The van der Waals surface area contributed by atoms with E-state index in [9.17, 15) is 9.59 Å². The second-order valence-corrected chi connectivity index (χ2v) is 6.41. The fraction of sp³-hybridized carbons (Fsp3) is 0.471. The van der Waals surface area contributed by atoms with Crippen LogP contribution >= 0.6 is 0 Å². The van der Waals surface area contributed by atoms with E-state index in [0.717, 1.165) is 25.7 Å². The molecular formula is C17H22N6O2. The summed E-state index contributed by atoms with van der Waals surface area (Å²) in [5, 5.41) is 10.0. The fourth-order valence-electron chi connectivity index (χ4n) is 2.98. The molecule has 0 radical (unpaired) electrons. The van der Waals surface area contributed by atoms with E-state index in [4.69, 9.17) is 0 Å². The van der Waals surface area contributed by atoms with Crippen molar-refractivity contribution < 1.29 is 9.59 Å². The van der Waals surface area contributed by atoms with Crippen molar-refractivity contribution in [2.24, 2.45) is 9.98 Å². The van der Waals surface area contributed by atoms with Crippen LogP contribution in [0.2, 0.25) is 0 Å². The SMILES string of the molecule is C=C1C(=O)N=C(n2nc(C)cc2NC(=O)NC2CCCCC2)N=C1C.